The van der Waals surface area contributed by atoms with E-state index >= 15 is 0 Å². The Bertz CT molecular complexity index is 506. The lowest BCUT2D eigenvalue weighted by Crippen LogP contribution is -2.34. The zero-order valence-electron chi connectivity index (χ0n) is 10.6. The molecule has 1 heterocycles. The summed E-state index contributed by atoms with van der Waals surface area (Å²) in [5.74, 6) is 0. The van der Waals surface area contributed by atoms with Crippen molar-refractivity contribution in [3.63, 3.8) is 0 Å². The number of halogens is 1. The van der Waals surface area contributed by atoms with Crippen molar-refractivity contribution in [1.29, 1.82) is 0 Å². The predicted molar refractivity (Wildman–Crippen MR) is 82.5 cm³/mol. The second-order valence-electron chi connectivity index (χ2n) is 4.89. The lowest BCUT2D eigenvalue weighted by Gasteiger charge is -2.29. The minimum Gasteiger partial charge on any atom is -0.396 e. The smallest absolute Gasteiger partial charge is 0.0516 e. The summed E-state index contributed by atoms with van der Waals surface area (Å²) in [5, 5.41) is 21.5. The molecule has 0 radical (unpaired) electrons. The first-order valence-corrected chi connectivity index (χ1v) is 7.83. The molecule has 2 nitrogen and oxygen atoms in total. The molecule has 0 amide bonds. The lowest BCUT2D eigenvalue weighted by molar-refractivity contribution is 0.0554. The summed E-state index contributed by atoms with van der Waals surface area (Å²) < 4.78 is 1.05. The van der Waals surface area contributed by atoms with Crippen LogP contribution in [0.25, 0.3) is 0 Å². The Hall–Kier alpha value is -0.680. The van der Waals surface area contributed by atoms with Crippen molar-refractivity contribution >= 4 is 27.3 Å². The Morgan fingerprint density at radius 1 is 1.05 bits per heavy atom. The van der Waals surface area contributed by atoms with Crippen molar-refractivity contribution in [2.75, 3.05) is 13.2 Å². The van der Waals surface area contributed by atoms with Crippen LogP contribution in [0.1, 0.15) is 10.4 Å². The van der Waals surface area contributed by atoms with Crippen LogP contribution in [0, 0.1) is 5.41 Å². The summed E-state index contributed by atoms with van der Waals surface area (Å²) in [5.41, 5.74) is 0.646. The van der Waals surface area contributed by atoms with Crippen molar-refractivity contribution < 1.29 is 10.2 Å². The van der Waals surface area contributed by atoms with Gasteiger partial charge >= 0.3 is 0 Å². The van der Waals surface area contributed by atoms with Gasteiger partial charge in [0.05, 0.1) is 13.2 Å². The summed E-state index contributed by atoms with van der Waals surface area (Å²) >= 11 is 5.08. The van der Waals surface area contributed by atoms with Crippen molar-refractivity contribution in [2.45, 2.75) is 12.8 Å². The molecule has 0 unspecified atom stereocenters. The second kappa shape index (κ2) is 6.66. The molecule has 0 bridgehead atoms. The summed E-state index contributed by atoms with van der Waals surface area (Å²) in [6.45, 7) is -0.0399. The van der Waals surface area contributed by atoms with Crippen molar-refractivity contribution in [3.05, 3.63) is 56.7 Å². The van der Waals surface area contributed by atoms with Crippen LogP contribution in [0.15, 0.2) is 46.3 Å². The number of rotatable bonds is 6. The van der Waals surface area contributed by atoms with Gasteiger partial charge in [0.1, 0.15) is 0 Å². The topological polar surface area (TPSA) is 40.5 Å². The minimum atomic E-state index is -0.494. The van der Waals surface area contributed by atoms with E-state index in [4.69, 9.17) is 0 Å². The molecule has 0 aliphatic carbocycles. The molecule has 2 rings (SSSR count). The van der Waals surface area contributed by atoms with Gasteiger partial charge in [-0.2, -0.15) is 0 Å². The SMILES string of the molecule is OCC(CO)(Cc1ccccc1)Cc1cc(Br)cs1. The standard InChI is InChI=1S/C15H17BrO2S/c16-13-6-14(19-9-13)8-15(10-17,11-18)7-12-4-2-1-3-5-12/h1-6,9,17-18H,7-8,10-11H2. The number of benzene rings is 1. The fraction of sp³-hybridized carbons (Fsp3) is 0.333. The Balaban J connectivity index is 2.17. The normalized spacial score (nSPS) is 11.7. The van der Waals surface area contributed by atoms with E-state index in [2.05, 4.69) is 22.0 Å². The van der Waals surface area contributed by atoms with E-state index in [-0.39, 0.29) is 13.2 Å². The predicted octanol–water partition coefficient (Wildman–Crippen LogP) is 3.27. The lowest BCUT2D eigenvalue weighted by atomic mass is 9.79. The molecule has 1 aromatic carbocycles. The zero-order chi connectivity index (χ0) is 13.7. The quantitative estimate of drug-likeness (QED) is 0.847. The molecular formula is C15H17BrO2S. The van der Waals surface area contributed by atoms with Gasteiger partial charge in [-0.3, -0.25) is 0 Å². The molecule has 2 N–H and O–H groups in total. The fourth-order valence-electron chi connectivity index (χ4n) is 2.18. The van der Waals surface area contributed by atoms with Gasteiger partial charge in [0.15, 0.2) is 0 Å². The number of hydrogen-bond acceptors (Lipinski definition) is 3. The molecule has 0 spiro atoms. The molecule has 1 aromatic heterocycles. The molecule has 19 heavy (non-hydrogen) atoms. The Morgan fingerprint density at radius 2 is 1.74 bits per heavy atom. The number of hydrogen-bond donors (Lipinski definition) is 2. The highest BCUT2D eigenvalue weighted by atomic mass is 79.9. The molecule has 0 aliphatic rings. The number of aliphatic hydroxyl groups excluding tert-OH is 2. The van der Waals surface area contributed by atoms with E-state index in [0.717, 1.165) is 10.0 Å². The van der Waals surface area contributed by atoms with E-state index in [9.17, 15) is 10.2 Å². The third kappa shape index (κ3) is 3.89. The first-order chi connectivity index (χ1) is 9.17. The van der Waals surface area contributed by atoms with Crippen LogP contribution in [0.2, 0.25) is 0 Å². The van der Waals surface area contributed by atoms with E-state index < -0.39 is 5.41 Å². The molecule has 0 saturated heterocycles. The maximum Gasteiger partial charge on any atom is 0.0516 e. The highest BCUT2D eigenvalue weighted by Gasteiger charge is 2.30. The molecule has 0 fully saturated rings. The maximum atomic E-state index is 9.74. The van der Waals surface area contributed by atoms with Gasteiger partial charge in [0, 0.05) is 20.1 Å². The zero-order valence-corrected chi connectivity index (χ0v) is 13.0. The van der Waals surface area contributed by atoms with Crippen molar-refractivity contribution in [2.24, 2.45) is 5.41 Å². The molecule has 0 saturated carbocycles. The first-order valence-electron chi connectivity index (χ1n) is 6.16. The summed E-state index contributed by atoms with van der Waals surface area (Å²) in [4.78, 5) is 1.17. The summed E-state index contributed by atoms with van der Waals surface area (Å²) in [7, 11) is 0. The summed E-state index contributed by atoms with van der Waals surface area (Å²) in [6.07, 6.45) is 1.36. The van der Waals surface area contributed by atoms with E-state index in [1.54, 1.807) is 11.3 Å². The largest absolute Gasteiger partial charge is 0.396 e. The Kier molecular flexibility index (Phi) is 5.16. The van der Waals surface area contributed by atoms with Gasteiger partial charge in [0.25, 0.3) is 0 Å². The van der Waals surface area contributed by atoms with Crippen LogP contribution in [0.4, 0.5) is 0 Å². The van der Waals surface area contributed by atoms with Crippen LogP contribution < -0.4 is 0 Å². The molecule has 102 valence electrons. The van der Waals surface area contributed by atoms with E-state index in [1.807, 2.05) is 35.7 Å². The van der Waals surface area contributed by atoms with Crippen LogP contribution in [-0.2, 0) is 12.8 Å². The van der Waals surface area contributed by atoms with Crippen molar-refractivity contribution in [1.82, 2.24) is 0 Å². The molecule has 4 heteroatoms. The average Bonchev–Trinajstić information content (AvgIpc) is 2.84. The second-order valence-corrected chi connectivity index (χ2v) is 6.80. The van der Waals surface area contributed by atoms with Gasteiger partial charge in [0.2, 0.25) is 0 Å². The Labute approximate surface area is 125 Å². The van der Waals surface area contributed by atoms with Crippen LogP contribution in [0.3, 0.4) is 0 Å². The third-order valence-corrected chi connectivity index (χ3v) is 4.96. The van der Waals surface area contributed by atoms with Gasteiger partial charge in [-0.15, -0.1) is 11.3 Å². The molecule has 0 atom stereocenters. The number of aliphatic hydroxyl groups is 2. The van der Waals surface area contributed by atoms with E-state index in [0.29, 0.717) is 12.8 Å². The van der Waals surface area contributed by atoms with Crippen LogP contribution in [-0.4, -0.2) is 23.4 Å². The van der Waals surface area contributed by atoms with E-state index in [1.165, 1.54) is 4.88 Å². The Morgan fingerprint density at radius 3 is 2.26 bits per heavy atom. The molecule has 2 aromatic rings. The minimum absolute atomic E-state index is 0.0199. The first kappa shape index (κ1) is 14.7. The van der Waals surface area contributed by atoms with Gasteiger partial charge in [-0.05, 0) is 40.4 Å². The third-order valence-electron chi connectivity index (χ3n) is 3.26. The number of thiophene rings is 1. The highest BCUT2D eigenvalue weighted by molar-refractivity contribution is 9.10. The van der Waals surface area contributed by atoms with Gasteiger partial charge in [-0.1, -0.05) is 30.3 Å². The monoisotopic (exact) mass is 340 g/mol. The van der Waals surface area contributed by atoms with Crippen molar-refractivity contribution in [3.8, 4) is 0 Å². The average molecular weight is 341 g/mol. The van der Waals surface area contributed by atoms with Crippen LogP contribution in [0.5, 0.6) is 0 Å². The summed E-state index contributed by atoms with van der Waals surface area (Å²) in [6, 6.07) is 12.1. The highest BCUT2D eigenvalue weighted by Crippen LogP contribution is 2.31. The molecular weight excluding hydrogens is 324 g/mol. The molecule has 0 aliphatic heterocycles. The van der Waals surface area contributed by atoms with Crippen LogP contribution >= 0.6 is 27.3 Å². The fourth-order valence-corrected chi connectivity index (χ4v) is 3.81. The maximum absolute atomic E-state index is 9.74. The van der Waals surface area contributed by atoms with Gasteiger partial charge in [-0.25, -0.2) is 0 Å². The van der Waals surface area contributed by atoms with Gasteiger partial charge < -0.3 is 10.2 Å².